The monoisotopic (exact) mass is 270 g/mol. The van der Waals surface area contributed by atoms with E-state index in [2.05, 4.69) is 10.6 Å². The second-order valence-corrected chi connectivity index (χ2v) is 5.13. The van der Waals surface area contributed by atoms with Gasteiger partial charge in [0.05, 0.1) is 0 Å². The highest BCUT2D eigenvalue weighted by atomic mass is 32.1. The molecule has 0 aliphatic heterocycles. The molecule has 2 atom stereocenters. The molecule has 6 heteroatoms. The van der Waals surface area contributed by atoms with Gasteiger partial charge in [-0.15, -0.1) is 11.3 Å². The molecular weight excluding hydrogens is 252 g/mol. The van der Waals surface area contributed by atoms with Crippen molar-refractivity contribution in [3.63, 3.8) is 0 Å². The second kappa shape index (κ2) is 7.00. The lowest BCUT2D eigenvalue weighted by Gasteiger charge is -2.17. The number of carboxylic acids is 1. The van der Waals surface area contributed by atoms with Crippen molar-refractivity contribution >= 4 is 23.3 Å². The third-order valence-corrected chi connectivity index (χ3v) is 3.38. The minimum atomic E-state index is -1.02. The van der Waals surface area contributed by atoms with E-state index in [-0.39, 0.29) is 6.04 Å². The number of amides is 2. The normalized spacial score (nSPS) is 13.7. The van der Waals surface area contributed by atoms with Gasteiger partial charge in [0.15, 0.2) is 0 Å². The Bertz CT molecular complexity index is 392. The summed E-state index contributed by atoms with van der Waals surface area (Å²) < 4.78 is 0. The molecule has 0 spiro atoms. The van der Waals surface area contributed by atoms with Crippen LogP contribution in [0.15, 0.2) is 17.5 Å². The molecule has 1 rings (SSSR count). The van der Waals surface area contributed by atoms with Crippen LogP contribution in [0.5, 0.6) is 0 Å². The first-order chi connectivity index (χ1) is 8.52. The van der Waals surface area contributed by atoms with Crippen LogP contribution in [0.25, 0.3) is 0 Å². The van der Waals surface area contributed by atoms with Crippen LogP contribution in [-0.4, -0.2) is 29.2 Å². The van der Waals surface area contributed by atoms with Crippen molar-refractivity contribution in [1.29, 1.82) is 0 Å². The maximum absolute atomic E-state index is 11.6. The Morgan fingerprint density at radius 1 is 1.44 bits per heavy atom. The quantitative estimate of drug-likeness (QED) is 0.738. The lowest BCUT2D eigenvalue weighted by atomic mass is 10.2. The Kier molecular flexibility index (Phi) is 5.64. The van der Waals surface area contributed by atoms with Crippen LogP contribution >= 0.6 is 11.3 Å². The van der Waals surface area contributed by atoms with Crippen molar-refractivity contribution < 1.29 is 14.7 Å². The maximum Gasteiger partial charge on any atom is 0.326 e. The Balaban J connectivity index is 2.37. The number of nitrogens with one attached hydrogen (secondary N) is 2. The first kappa shape index (κ1) is 14.5. The second-order valence-electron chi connectivity index (χ2n) is 4.10. The number of urea groups is 1. The molecule has 0 fully saturated rings. The van der Waals surface area contributed by atoms with Crippen LogP contribution < -0.4 is 10.6 Å². The van der Waals surface area contributed by atoms with Gasteiger partial charge in [0.25, 0.3) is 0 Å². The summed E-state index contributed by atoms with van der Waals surface area (Å²) in [6, 6.07) is 2.67. The third kappa shape index (κ3) is 4.75. The highest BCUT2D eigenvalue weighted by molar-refractivity contribution is 7.09. The largest absolute Gasteiger partial charge is 0.480 e. The molecular formula is C12H18N2O3S. The van der Waals surface area contributed by atoms with E-state index in [4.69, 9.17) is 5.11 Å². The molecule has 2 unspecified atom stereocenters. The first-order valence-electron chi connectivity index (χ1n) is 5.85. The zero-order valence-corrected chi connectivity index (χ0v) is 11.3. The highest BCUT2D eigenvalue weighted by Gasteiger charge is 2.18. The number of hydrogen-bond acceptors (Lipinski definition) is 3. The van der Waals surface area contributed by atoms with Crippen LogP contribution in [-0.2, 0) is 11.2 Å². The van der Waals surface area contributed by atoms with Crippen molar-refractivity contribution in [3.8, 4) is 0 Å². The fourth-order valence-electron chi connectivity index (χ4n) is 1.54. The molecule has 3 N–H and O–H groups in total. The van der Waals surface area contributed by atoms with E-state index in [9.17, 15) is 9.59 Å². The molecule has 0 aromatic carbocycles. The molecule has 1 aromatic rings. The molecule has 0 saturated carbocycles. The standard InChI is InChI=1S/C12H18N2O3S/c1-3-10(11(15)16)14-12(17)13-8(2)7-9-5-4-6-18-9/h4-6,8,10H,3,7H2,1-2H3,(H,15,16)(H2,13,14,17). The number of carbonyl (C=O) groups is 2. The number of thiophene rings is 1. The molecule has 5 nitrogen and oxygen atoms in total. The summed E-state index contributed by atoms with van der Waals surface area (Å²) in [6.45, 7) is 3.61. The van der Waals surface area contributed by atoms with Crippen LogP contribution in [0.4, 0.5) is 4.79 Å². The van der Waals surface area contributed by atoms with Gasteiger partial charge >= 0.3 is 12.0 Å². The number of hydrogen-bond donors (Lipinski definition) is 3. The molecule has 0 bridgehead atoms. The minimum absolute atomic E-state index is 0.0325. The van der Waals surface area contributed by atoms with E-state index in [0.29, 0.717) is 6.42 Å². The molecule has 0 radical (unpaired) electrons. The smallest absolute Gasteiger partial charge is 0.326 e. The van der Waals surface area contributed by atoms with Crippen LogP contribution in [0.3, 0.4) is 0 Å². The summed E-state index contributed by atoms with van der Waals surface area (Å²) in [5.74, 6) is -1.02. The summed E-state index contributed by atoms with van der Waals surface area (Å²) in [7, 11) is 0. The average Bonchev–Trinajstić information content (AvgIpc) is 2.77. The predicted octanol–water partition coefficient (Wildman–Crippen LogP) is 1.84. The van der Waals surface area contributed by atoms with E-state index in [0.717, 1.165) is 6.42 Å². The lowest BCUT2D eigenvalue weighted by molar-refractivity contribution is -0.139. The summed E-state index contributed by atoms with van der Waals surface area (Å²) in [5, 5.41) is 16.0. The molecule has 100 valence electrons. The van der Waals surface area contributed by atoms with Gasteiger partial charge in [-0.25, -0.2) is 9.59 Å². The van der Waals surface area contributed by atoms with E-state index < -0.39 is 18.0 Å². The molecule has 1 aromatic heterocycles. The van der Waals surface area contributed by atoms with Crippen molar-refractivity contribution in [2.75, 3.05) is 0 Å². The van der Waals surface area contributed by atoms with Crippen LogP contribution in [0.2, 0.25) is 0 Å². The molecule has 18 heavy (non-hydrogen) atoms. The minimum Gasteiger partial charge on any atom is -0.480 e. The number of carboxylic acid groups (broad SMARTS) is 1. The Labute approximate surface area is 110 Å². The molecule has 2 amide bonds. The predicted molar refractivity (Wildman–Crippen MR) is 70.9 cm³/mol. The van der Waals surface area contributed by atoms with E-state index in [1.165, 1.54) is 4.88 Å². The Morgan fingerprint density at radius 2 is 2.17 bits per heavy atom. The fourth-order valence-corrected chi connectivity index (χ4v) is 2.38. The maximum atomic E-state index is 11.6. The Morgan fingerprint density at radius 3 is 2.67 bits per heavy atom. The van der Waals surface area contributed by atoms with Crippen molar-refractivity contribution in [1.82, 2.24) is 10.6 Å². The average molecular weight is 270 g/mol. The molecule has 1 heterocycles. The zero-order chi connectivity index (χ0) is 13.5. The summed E-state index contributed by atoms with van der Waals surface area (Å²) in [4.78, 5) is 23.5. The topological polar surface area (TPSA) is 78.4 Å². The van der Waals surface area contributed by atoms with Crippen LogP contribution in [0, 0.1) is 0 Å². The summed E-state index contributed by atoms with van der Waals surface area (Å²) >= 11 is 1.64. The lowest BCUT2D eigenvalue weighted by Crippen LogP contribution is -2.48. The van der Waals surface area contributed by atoms with Gasteiger partial charge < -0.3 is 15.7 Å². The SMILES string of the molecule is CCC(NC(=O)NC(C)Cc1cccs1)C(=O)O. The number of aliphatic carboxylic acids is 1. The molecule has 0 aliphatic rings. The van der Waals surface area contributed by atoms with Gasteiger partial charge in [-0.1, -0.05) is 13.0 Å². The third-order valence-electron chi connectivity index (χ3n) is 2.48. The van der Waals surface area contributed by atoms with E-state index >= 15 is 0 Å². The van der Waals surface area contributed by atoms with Gasteiger partial charge in [0.1, 0.15) is 6.04 Å². The summed E-state index contributed by atoms with van der Waals surface area (Å²) in [5.41, 5.74) is 0. The fraction of sp³-hybridized carbons (Fsp3) is 0.500. The van der Waals surface area contributed by atoms with Crippen LogP contribution in [0.1, 0.15) is 25.1 Å². The molecule has 0 aliphatic carbocycles. The van der Waals surface area contributed by atoms with E-state index in [1.807, 2.05) is 24.4 Å². The van der Waals surface area contributed by atoms with Gasteiger partial charge in [-0.05, 0) is 24.8 Å². The van der Waals surface area contributed by atoms with Crippen molar-refractivity contribution in [3.05, 3.63) is 22.4 Å². The van der Waals surface area contributed by atoms with Crippen molar-refractivity contribution in [2.45, 2.75) is 38.8 Å². The Hall–Kier alpha value is -1.56. The van der Waals surface area contributed by atoms with Gasteiger partial charge in [-0.2, -0.15) is 0 Å². The van der Waals surface area contributed by atoms with E-state index in [1.54, 1.807) is 18.3 Å². The van der Waals surface area contributed by atoms with Gasteiger partial charge in [0.2, 0.25) is 0 Å². The van der Waals surface area contributed by atoms with Gasteiger partial charge in [-0.3, -0.25) is 0 Å². The first-order valence-corrected chi connectivity index (χ1v) is 6.73. The number of carbonyl (C=O) groups excluding carboxylic acids is 1. The zero-order valence-electron chi connectivity index (χ0n) is 10.5. The summed E-state index contributed by atoms with van der Waals surface area (Å²) in [6.07, 6.45) is 1.11. The highest BCUT2D eigenvalue weighted by Crippen LogP contribution is 2.10. The molecule has 0 saturated heterocycles. The van der Waals surface area contributed by atoms with Gasteiger partial charge in [0, 0.05) is 17.3 Å². The van der Waals surface area contributed by atoms with Crippen molar-refractivity contribution in [2.24, 2.45) is 0 Å². The number of rotatable bonds is 6.